The van der Waals surface area contributed by atoms with E-state index in [4.69, 9.17) is 9.47 Å². The van der Waals surface area contributed by atoms with Gasteiger partial charge < -0.3 is 19.7 Å². The number of hydrogen-bond acceptors (Lipinski definition) is 5. The van der Waals surface area contributed by atoms with Gasteiger partial charge in [0.2, 0.25) is 5.91 Å². The molecule has 1 N–H and O–H groups in total. The van der Waals surface area contributed by atoms with Crippen LogP contribution in [0.1, 0.15) is 19.8 Å². The van der Waals surface area contributed by atoms with Crippen molar-refractivity contribution < 1.29 is 14.3 Å². The maximum atomic E-state index is 12.6. The van der Waals surface area contributed by atoms with Crippen LogP contribution < -0.4 is 5.32 Å². The number of morpholine rings is 1. The molecule has 6 nitrogen and oxygen atoms in total. The van der Waals surface area contributed by atoms with Gasteiger partial charge in [-0.25, -0.2) is 0 Å². The molecule has 0 unspecified atom stereocenters. The van der Waals surface area contributed by atoms with E-state index in [0.717, 1.165) is 58.8 Å². The van der Waals surface area contributed by atoms with E-state index < -0.39 is 0 Å². The van der Waals surface area contributed by atoms with E-state index in [-0.39, 0.29) is 42.9 Å². The molecule has 0 radical (unpaired) electrons. The van der Waals surface area contributed by atoms with Crippen LogP contribution in [0.4, 0.5) is 0 Å². The smallest absolute Gasteiger partial charge is 0.242 e. The number of hydrogen-bond donors (Lipinski definition) is 1. The lowest BCUT2D eigenvalue weighted by molar-refractivity contribution is -0.141. The van der Waals surface area contributed by atoms with Gasteiger partial charge in [0, 0.05) is 52.0 Å². The normalized spacial score (nSPS) is 30.2. The van der Waals surface area contributed by atoms with Crippen molar-refractivity contribution in [2.45, 2.75) is 38.0 Å². The number of nitrogens with zero attached hydrogens (tertiary/aromatic N) is 2. The second-order valence-corrected chi connectivity index (χ2v) is 6.21. The summed E-state index contributed by atoms with van der Waals surface area (Å²) in [6, 6.07) is 0.472. The second-order valence-electron chi connectivity index (χ2n) is 6.21. The molecular formula is C15H29Cl2N3O3. The van der Waals surface area contributed by atoms with Crippen molar-refractivity contribution in [1.82, 2.24) is 15.1 Å². The summed E-state index contributed by atoms with van der Waals surface area (Å²) in [4.78, 5) is 17.1. The molecule has 0 aliphatic carbocycles. The molecule has 0 spiro atoms. The van der Waals surface area contributed by atoms with Gasteiger partial charge in [-0.05, 0) is 19.8 Å². The summed E-state index contributed by atoms with van der Waals surface area (Å²) in [5.74, 6) is 0.203. The summed E-state index contributed by atoms with van der Waals surface area (Å²) in [7, 11) is 0. The molecule has 1 amide bonds. The fraction of sp³-hybridized carbons (Fsp3) is 0.933. The Balaban J connectivity index is 0.00000132. The van der Waals surface area contributed by atoms with Crippen LogP contribution in [0.15, 0.2) is 0 Å². The highest BCUT2D eigenvalue weighted by Gasteiger charge is 2.34. The van der Waals surface area contributed by atoms with Crippen LogP contribution in [-0.2, 0) is 14.3 Å². The zero-order valence-electron chi connectivity index (χ0n) is 13.7. The van der Waals surface area contributed by atoms with Gasteiger partial charge in [0.1, 0.15) is 6.04 Å². The van der Waals surface area contributed by atoms with Crippen molar-refractivity contribution in [3.63, 3.8) is 0 Å². The zero-order chi connectivity index (χ0) is 14.7. The Hall–Kier alpha value is -0.110. The van der Waals surface area contributed by atoms with Gasteiger partial charge in [-0.1, -0.05) is 0 Å². The highest BCUT2D eigenvalue weighted by atomic mass is 35.5. The van der Waals surface area contributed by atoms with Gasteiger partial charge in [-0.3, -0.25) is 9.69 Å². The monoisotopic (exact) mass is 369 g/mol. The maximum Gasteiger partial charge on any atom is 0.242 e. The number of halogens is 2. The van der Waals surface area contributed by atoms with Crippen LogP contribution in [0, 0.1) is 0 Å². The second kappa shape index (κ2) is 10.0. The fourth-order valence-corrected chi connectivity index (χ4v) is 3.56. The third kappa shape index (κ3) is 5.18. The predicted molar refractivity (Wildman–Crippen MR) is 93.7 cm³/mol. The third-order valence-electron chi connectivity index (χ3n) is 4.92. The SMILES string of the molecule is C[C@H]1OCCN[C@@H]1C(=O)N1CCN(C2CCOCC2)CC1.Cl.Cl. The van der Waals surface area contributed by atoms with Crippen LogP contribution in [0.3, 0.4) is 0 Å². The van der Waals surface area contributed by atoms with Crippen molar-refractivity contribution >= 4 is 30.7 Å². The predicted octanol–water partition coefficient (Wildman–Crippen LogP) is 0.530. The molecule has 0 aromatic rings. The van der Waals surface area contributed by atoms with Gasteiger partial charge in [0.05, 0.1) is 12.7 Å². The molecule has 0 bridgehead atoms. The van der Waals surface area contributed by atoms with Gasteiger partial charge in [-0.15, -0.1) is 24.8 Å². The molecule has 0 aromatic heterocycles. The van der Waals surface area contributed by atoms with Crippen molar-refractivity contribution in [1.29, 1.82) is 0 Å². The molecular weight excluding hydrogens is 341 g/mol. The summed E-state index contributed by atoms with van der Waals surface area (Å²) in [6.45, 7) is 8.84. The Morgan fingerprint density at radius 3 is 2.30 bits per heavy atom. The quantitative estimate of drug-likeness (QED) is 0.769. The van der Waals surface area contributed by atoms with E-state index in [1.807, 2.05) is 11.8 Å². The number of rotatable bonds is 2. The minimum atomic E-state index is -0.173. The highest BCUT2D eigenvalue weighted by molar-refractivity contribution is 5.85. The minimum Gasteiger partial charge on any atom is -0.381 e. The average Bonchev–Trinajstić information content (AvgIpc) is 2.56. The highest BCUT2D eigenvalue weighted by Crippen LogP contribution is 2.17. The first-order valence-electron chi connectivity index (χ1n) is 8.21. The Kier molecular flexibility index (Phi) is 9.11. The zero-order valence-corrected chi connectivity index (χ0v) is 15.4. The number of ether oxygens (including phenoxy) is 2. The van der Waals surface area contributed by atoms with Gasteiger partial charge in [0.25, 0.3) is 0 Å². The fourth-order valence-electron chi connectivity index (χ4n) is 3.56. The minimum absolute atomic E-state index is 0. The van der Waals surface area contributed by atoms with Crippen LogP contribution >= 0.6 is 24.8 Å². The Labute approximate surface area is 151 Å². The van der Waals surface area contributed by atoms with E-state index >= 15 is 0 Å². The third-order valence-corrected chi connectivity index (χ3v) is 4.92. The van der Waals surface area contributed by atoms with Crippen molar-refractivity contribution in [3.05, 3.63) is 0 Å². The van der Waals surface area contributed by atoms with Gasteiger partial charge in [-0.2, -0.15) is 0 Å². The van der Waals surface area contributed by atoms with Crippen LogP contribution in [0.5, 0.6) is 0 Å². The molecule has 0 saturated carbocycles. The molecule has 3 heterocycles. The first-order valence-corrected chi connectivity index (χ1v) is 8.21. The summed E-state index contributed by atoms with van der Waals surface area (Å²) in [5, 5.41) is 3.29. The van der Waals surface area contributed by atoms with Crippen LogP contribution in [0.2, 0.25) is 0 Å². The molecule has 8 heteroatoms. The Bertz CT molecular complexity index is 362. The lowest BCUT2D eigenvalue weighted by atomic mass is 10.1. The van der Waals surface area contributed by atoms with Crippen LogP contribution in [-0.4, -0.2) is 86.4 Å². The Morgan fingerprint density at radius 2 is 1.70 bits per heavy atom. The average molecular weight is 370 g/mol. The first-order chi connectivity index (χ1) is 10.3. The van der Waals surface area contributed by atoms with Crippen molar-refractivity contribution in [3.8, 4) is 0 Å². The lowest BCUT2D eigenvalue weighted by Crippen LogP contribution is -2.60. The molecule has 3 rings (SSSR count). The first kappa shape index (κ1) is 20.9. The topological polar surface area (TPSA) is 54.0 Å². The number of carbonyl (C=O) groups excluding carboxylic acids is 1. The molecule has 3 fully saturated rings. The van der Waals surface area contributed by atoms with E-state index in [0.29, 0.717) is 12.6 Å². The summed E-state index contributed by atoms with van der Waals surface area (Å²) in [5.41, 5.74) is 0. The molecule has 2 atom stereocenters. The number of nitrogens with one attached hydrogen (secondary N) is 1. The molecule has 3 saturated heterocycles. The number of piperazine rings is 1. The molecule has 3 aliphatic heterocycles. The number of amides is 1. The van der Waals surface area contributed by atoms with Crippen molar-refractivity contribution in [2.24, 2.45) is 0 Å². The molecule has 3 aliphatic rings. The maximum absolute atomic E-state index is 12.6. The standard InChI is InChI=1S/C15H27N3O3.2ClH/c1-12-14(16-4-11-21-12)15(19)18-7-5-17(6-8-18)13-2-9-20-10-3-13;;/h12-14,16H,2-11H2,1H3;2*1H/t12-,14+;;/m1../s1. The molecule has 23 heavy (non-hydrogen) atoms. The van der Waals surface area contributed by atoms with Gasteiger partial charge >= 0.3 is 0 Å². The number of carbonyl (C=O) groups is 1. The summed E-state index contributed by atoms with van der Waals surface area (Å²) >= 11 is 0. The van der Waals surface area contributed by atoms with Crippen molar-refractivity contribution in [2.75, 3.05) is 52.5 Å². The van der Waals surface area contributed by atoms with E-state index in [1.165, 1.54) is 0 Å². The molecule has 0 aromatic carbocycles. The van der Waals surface area contributed by atoms with E-state index in [1.54, 1.807) is 0 Å². The summed E-state index contributed by atoms with van der Waals surface area (Å²) < 4.78 is 11.0. The largest absolute Gasteiger partial charge is 0.381 e. The lowest BCUT2D eigenvalue weighted by Gasteiger charge is -2.42. The van der Waals surface area contributed by atoms with Crippen LogP contribution in [0.25, 0.3) is 0 Å². The molecule has 136 valence electrons. The van der Waals surface area contributed by atoms with Gasteiger partial charge in [0.15, 0.2) is 0 Å². The van der Waals surface area contributed by atoms with E-state index in [2.05, 4.69) is 10.2 Å². The summed E-state index contributed by atoms with van der Waals surface area (Å²) in [6.07, 6.45) is 2.23. The van der Waals surface area contributed by atoms with E-state index in [9.17, 15) is 4.79 Å². The Morgan fingerprint density at radius 1 is 1.04 bits per heavy atom.